The minimum absolute atomic E-state index is 0.0378. The predicted octanol–water partition coefficient (Wildman–Crippen LogP) is 11.3. The van der Waals surface area contributed by atoms with Crippen LogP contribution in [-0.4, -0.2) is 173 Å². The molecule has 1 fully saturated rings. The second kappa shape index (κ2) is 49.6. The average Bonchev–Trinajstić information content (AvgIpc) is 1.66. The topological polar surface area (TPSA) is 603 Å². The van der Waals surface area contributed by atoms with Gasteiger partial charge in [-0.25, -0.2) is 61.1 Å². The third-order valence-corrected chi connectivity index (χ3v) is 17.4. The number of amides is 1. The van der Waals surface area contributed by atoms with Crippen LogP contribution in [0.5, 0.6) is 0 Å². The number of nitrogens with one attached hydrogen (secondary N) is 6. The number of nitrogen functional groups attached to an aromatic ring is 6. The Labute approximate surface area is 719 Å². The summed E-state index contributed by atoms with van der Waals surface area (Å²) in [6.45, 7) is 3.97. The number of anilines is 11. The largest absolute Gasteiger partial charge is 0.462 e. The number of thioether (sulfide) groups is 2. The quantitative estimate of drug-likeness (QED) is 0.00721. The van der Waals surface area contributed by atoms with Crippen LogP contribution in [0.4, 0.5) is 85.0 Å². The van der Waals surface area contributed by atoms with Crippen LogP contribution in [0, 0.1) is 39.9 Å². The van der Waals surface area contributed by atoms with E-state index in [4.69, 9.17) is 77.8 Å². The number of carbonyl (C=O) groups excluding carboxylic acids is 3. The monoisotopic (exact) mass is 1810 g/mol. The number of nitrogens with zero attached hydrogens (tertiary/aromatic N) is 20. The number of carbonyl (C=O) groups is 3. The SMILES string of the molecule is CCOC(=O)c1cnc(SC)nc1Cl.CCOC(=O)c1cnc(SC)nc1Nc1ccc(F)c(-n2nccn2)c1.N=CC=N.NC(=O)c1cnc(N[C@@H]2CCCC[C@@H]2N)nc1Nc1ccc(N)c(-n2nccn2)c1.Nc1ccc(F)c(-n2ccnn2)c1.Nc1ccc(F)c(-n2nccn2)c1.Nc1ccc(F)c(Br)c1.Nc1ccc(F)c(N)c1.c1cn[nH]n1. The van der Waals surface area contributed by atoms with Gasteiger partial charge in [0.1, 0.15) is 73.7 Å². The van der Waals surface area contributed by atoms with Crippen LogP contribution in [0.15, 0.2) is 205 Å². The Morgan fingerprint density at radius 2 is 1.00 bits per heavy atom. The fraction of sp³-hybridized carbons (Fsp3) is 0.160. The van der Waals surface area contributed by atoms with E-state index in [9.17, 15) is 36.3 Å². The summed E-state index contributed by atoms with van der Waals surface area (Å²) in [5.74, 6) is -2.70. The van der Waals surface area contributed by atoms with Gasteiger partial charge in [0.15, 0.2) is 21.9 Å². The fourth-order valence-electron chi connectivity index (χ4n) is 9.74. The minimum Gasteiger partial charge on any atom is -0.462 e. The lowest BCUT2D eigenvalue weighted by atomic mass is 9.91. The van der Waals surface area contributed by atoms with Crippen molar-refractivity contribution < 1.29 is 45.8 Å². The predicted molar refractivity (Wildman–Crippen MR) is 462 cm³/mol. The molecule has 1 saturated carbocycles. The number of rotatable bonds is 18. The van der Waals surface area contributed by atoms with E-state index >= 15 is 0 Å². The molecule has 0 spiro atoms. The summed E-state index contributed by atoms with van der Waals surface area (Å²) in [5.41, 5.74) is 50.2. The molecule has 0 aliphatic heterocycles. The van der Waals surface area contributed by atoms with Crippen molar-refractivity contribution in [2.24, 2.45) is 11.5 Å². The Hall–Kier alpha value is -14.7. The molecule has 14 aromatic rings. The van der Waals surface area contributed by atoms with Gasteiger partial charge in [-0.15, -0.1) is 19.5 Å². The summed E-state index contributed by atoms with van der Waals surface area (Å²) < 4.78 is 76.7. The molecular weight excluding hydrogens is 1730 g/mol. The number of nitrogens with two attached hydrogens (primary N) is 8. The second-order valence-electron chi connectivity index (χ2n) is 24.0. The molecule has 1 amide bonds. The van der Waals surface area contributed by atoms with Crippen molar-refractivity contribution in [3.05, 3.63) is 245 Å². The zero-order valence-electron chi connectivity index (χ0n) is 65.5. The number of ether oxygens (including phenoxy) is 2. The van der Waals surface area contributed by atoms with E-state index in [1.54, 1.807) is 63.0 Å². The number of esters is 2. The van der Waals surface area contributed by atoms with Gasteiger partial charge in [-0.3, -0.25) is 4.79 Å². The lowest BCUT2D eigenvalue weighted by Gasteiger charge is -2.29. The standard InChI is InChI=1S/C19H24N10O.C16H15FN6O2S.C8H9ClN2O2S.2C8H7FN4.C6H5BrFN.C6H7FN2.C2H3N3.C2H4N2/c20-13-3-1-2-4-15(13)27-19-23-10-12(17(22)30)18(28-19)26-11-5-6-14(21)16(9-11)29-24-7-8-25-29;1-3-25-15(24)11-9-18-16(26-2)22-14(11)21-10-4-5-12(17)13(8-10)23-19-6-7-20-23;1-3-13-7(12)5-4-10-8(14-2)11-6(5)9;9-7-2-1-6(10)5-8(7)13-4-3-11-12-13;9-7-2-1-6(10)5-8(7)13-11-3-4-12-13;7-5-3-4(9)1-2-6(5)8;7-5-2-1-4(8)3-6(5)9;1-2-4-5-3-1;3-1-2-4/h5-10,13,15H,1-4,20-21H2,(H2,22,30)(H2,23,26,27,28);4-9H,3H2,1-2H3,(H,18,21,22);4H,3H2,1-2H3;2*1-5H,10H2;1-3H,9H2;1-3H,8-9H2;1-2H,(H,3,4,5);1-4H/t13-,15+;;;;;;;;/m0......../s1. The van der Waals surface area contributed by atoms with E-state index in [1.807, 2.05) is 12.5 Å². The normalized spacial score (nSPS) is 12.0. The molecule has 48 heteroatoms. The van der Waals surface area contributed by atoms with Crippen LogP contribution in [0.2, 0.25) is 5.15 Å². The van der Waals surface area contributed by atoms with E-state index in [-0.39, 0.29) is 80.9 Å². The lowest BCUT2D eigenvalue weighted by molar-refractivity contribution is 0.0516. The average molecular weight is 1810 g/mol. The van der Waals surface area contributed by atoms with Crippen LogP contribution in [0.25, 0.3) is 22.7 Å². The van der Waals surface area contributed by atoms with Crippen molar-refractivity contribution in [2.75, 3.05) is 76.1 Å². The Morgan fingerprint density at radius 3 is 1.48 bits per heavy atom. The molecular formula is C75H81BrClF5N34O5S2. The molecule has 642 valence electrons. The molecule has 1 aliphatic rings. The van der Waals surface area contributed by atoms with Crippen molar-refractivity contribution in [2.45, 2.75) is 61.9 Å². The van der Waals surface area contributed by atoms with Gasteiger partial charge in [0, 0.05) is 77.2 Å². The number of halogens is 7. The van der Waals surface area contributed by atoms with Crippen molar-refractivity contribution in [3.63, 3.8) is 0 Å². The summed E-state index contributed by atoms with van der Waals surface area (Å²) in [5, 5.41) is 63.0. The Kier molecular flexibility index (Phi) is 38.5. The van der Waals surface area contributed by atoms with Crippen molar-refractivity contribution >= 4 is 144 Å². The maximum atomic E-state index is 14.1. The molecule has 22 N–H and O–H groups in total. The summed E-state index contributed by atoms with van der Waals surface area (Å²) in [6, 6.07) is 26.7. The highest BCUT2D eigenvalue weighted by atomic mass is 79.9. The van der Waals surface area contributed by atoms with Gasteiger partial charge in [-0.1, -0.05) is 53.2 Å². The molecule has 0 bridgehead atoms. The van der Waals surface area contributed by atoms with Gasteiger partial charge < -0.3 is 82.1 Å². The Bertz CT molecular complexity index is 5520. The van der Waals surface area contributed by atoms with Crippen LogP contribution in [0.1, 0.15) is 70.6 Å². The number of aromatic nitrogens is 21. The highest BCUT2D eigenvalue weighted by Gasteiger charge is 2.24. The highest BCUT2D eigenvalue weighted by molar-refractivity contribution is 9.10. The van der Waals surface area contributed by atoms with Gasteiger partial charge in [0.2, 0.25) is 5.95 Å². The first-order valence-electron chi connectivity index (χ1n) is 35.8. The van der Waals surface area contributed by atoms with Gasteiger partial charge in [-0.05, 0) is 164 Å². The third-order valence-electron chi connectivity index (χ3n) is 15.4. The molecule has 123 heavy (non-hydrogen) atoms. The molecule has 8 heterocycles. The molecule has 8 aromatic heterocycles. The Balaban J connectivity index is 0.000000202. The van der Waals surface area contributed by atoms with Crippen LogP contribution in [-0.2, 0) is 9.47 Å². The van der Waals surface area contributed by atoms with E-state index in [0.717, 1.165) is 38.1 Å². The molecule has 0 radical (unpaired) electrons. The minimum atomic E-state index is -0.636. The van der Waals surface area contributed by atoms with Gasteiger partial charge in [-0.2, -0.15) is 51.0 Å². The first-order chi connectivity index (χ1) is 59.2. The van der Waals surface area contributed by atoms with Gasteiger partial charge in [0.05, 0.1) is 91.0 Å². The number of hydrogen-bond donors (Lipinski definition) is 14. The molecule has 1 aliphatic carbocycles. The van der Waals surface area contributed by atoms with Crippen LogP contribution in [0.3, 0.4) is 0 Å². The number of primary amides is 1. The maximum absolute atomic E-state index is 14.1. The number of aromatic amines is 1. The molecule has 39 nitrogen and oxygen atoms in total. The fourth-order valence-corrected chi connectivity index (χ4v) is 11.1. The van der Waals surface area contributed by atoms with Crippen molar-refractivity contribution in [1.82, 2.24) is 105 Å². The van der Waals surface area contributed by atoms with Crippen molar-refractivity contribution in [1.29, 1.82) is 10.8 Å². The summed E-state index contributed by atoms with van der Waals surface area (Å²) in [6.07, 6.45) is 29.0. The lowest BCUT2D eigenvalue weighted by Crippen LogP contribution is -2.43. The van der Waals surface area contributed by atoms with E-state index in [1.165, 1.54) is 183 Å². The zero-order chi connectivity index (χ0) is 89.3. The van der Waals surface area contributed by atoms with E-state index < -0.39 is 35.3 Å². The van der Waals surface area contributed by atoms with E-state index in [0.29, 0.717) is 78.5 Å². The third kappa shape index (κ3) is 30.6. The molecule has 6 aromatic carbocycles. The summed E-state index contributed by atoms with van der Waals surface area (Å²) in [4.78, 5) is 64.0. The first-order valence-corrected chi connectivity index (χ1v) is 39.4. The summed E-state index contributed by atoms with van der Waals surface area (Å²) in [7, 11) is 0. The Morgan fingerprint density at radius 1 is 0.545 bits per heavy atom. The number of benzene rings is 6. The number of H-pyrrole nitrogens is 1. The maximum Gasteiger partial charge on any atom is 0.343 e. The molecule has 2 atom stereocenters. The first kappa shape index (κ1) is 95.4. The second-order valence-corrected chi connectivity index (χ2v) is 26.8. The highest BCUT2D eigenvalue weighted by Crippen LogP contribution is 2.29. The number of hydrogen-bond acceptors (Lipinski definition) is 35. The summed E-state index contributed by atoms with van der Waals surface area (Å²) >= 11 is 11.5. The van der Waals surface area contributed by atoms with E-state index in [2.05, 4.69) is 118 Å². The van der Waals surface area contributed by atoms with Crippen molar-refractivity contribution in [3.8, 4) is 22.7 Å². The van der Waals surface area contributed by atoms with Gasteiger partial charge >= 0.3 is 11.9 Å². The zero-order valence-corrected chi connectivity index (χ0v) is 69.5. The van der Waals surface area contributed by atoms with Crippen LogP contribution < -0.4 is 61.8 Å². The molecule has 15 rings (SSSR count). The molecule has 0 unspecified atom stereocenters. The van der Waals surface area contributed by atoms with Gasteiger partial charge in [0.25, 0.3) is 5.91 Å². The molecule has 0 saturated heterocycles. The van der Waals surface area contributed by atoms with Crippen LogP contribution >= 0.6 is 51.1 Å². The smallest absolute Gasteiger partial charge is 0.343 e.